The lowest BCUT2D eigenvalue weighted by Crippen LogP contribution is -2.57. The summed E-state index contributed by atoms with van der Waals surface area (Å²) in [7, 11) is 7.78. The van der Waals surface area contributed by atoms with E-state index in [0.717, 1.165) is 62.1 Å². The van der Waals surface area contributed by atoms with Crippen molar-refractivity contribution in [2.45, 2.75) is 89.2 Å². The van der Waals surface area contributed by atoms with Gasteiger partial charge in [-0.15, -0.1) is 0 Å². The number of carbonyl (C=O) groups excluding carboxylic acids is 2. The summed E-state index contributed by atoms with van der Waals surface area (Å²) < 4.78 is 23.3. The van der Waals surface area contributed by atoms with Crippen LogP contribution in [0.25, 0.3) is 0 Å². The first-order chi connectivity index (χ1) is 24.1. The number of aryl methyl sites for hydroxylation is 2. The van der Waals surface area contributed by atoms with Gasteiger partial charge in [-0.3, -0.25) is 9.59 Å². The second-order valence-electron chi connectivity index (χ2n) is 14.5. The first-order valence-corrected chi connectivity index (χ1v) is 18.3. The molecule has 0 radical (unpaired) electrons. The van der Waals surface area contributed by atoms with Crippen LogP contribution in [0.5, 0.6) is 17.2 Å². The Morgan fingerprint density at radius 2 is 1.78 bits per heavy atom. The average molecular weight is 685 g/mol. The summed E-state index contributed by atoms with van der Waals surface area (Å²) in [6.45, 7) is 6.43. The second kappa shape index (κ2) is 17.4. The first kappa shape index (κ1) is 37.4. The fourth-order valence-corrected chi connectivity index (χ4v) is 8.00. The lowest BCUT2D eigenvalue weighted by atomic mass is 9.56. The Kier molecular flexibility index (Phi) is 13.0. The molecule has 1 aliphatic carbocycles. The third-order valence-corrected chi connectivity index (χ3v) is 10.8. The number of fused-ring (bicyclic) bond motifs is 4. The number of unbranched alkanes of at least 4 members (excludes halogenated alkanes) is 1. The van der Waals surface area contributed by atoms with Gasteiger partial charge in [-0.1, -0.05) is 63.1 Å². The molecule has 2 aliphatic rings. The molecule has 4 atom stereocenters. The minimum Gasteiger partial charge on any atom is -0.497 e. The van der Waals surface area contributed by atoms with Crippen molar-refractivity contribution in [1.29, 1.82) is 0 Å². The van der Waals surface area contributed by atoms with Crippen molar-refractivity contribution in [3.8, 4) is 17.2 Å². The molecular weight excluding hydrogens is 628 g/mol. The molecule has 1 heterocycles. The first-order valence-electron chi connectivity index (χ1n) is 18.3. The summed E-state index contributed by atoms with van der Waals surface area (Å²) in [5.74, 6) is 1.83. The second-order valence-corrected chi connectivity index (χ2v) is 14.5. The van der Waals surface area contributed by atoms with Crippen molar-refractivity contribution >= 4 is 11.9 Å². The van der Waals surface area contributed by atoms with Gasteiger partial charge in [0.05, 0.1) is 20.0 Å². The number of methoxy groups -OCH3 is 1. The number of hydrogen-bond donors (Lipinski definition) is 0. The molecule has 0 saturated carbocycles. The van der Waals surface area contributed by atoms with Crippen LogP contribution >= 0.6 is 0 Å². The Labute approximate surface area is 299 Å². The van der Waals surface area contributed by atoms with Crippen molar-refractivity contribution in [3.63, 3.8) is 0 Å². The molecule has 1 fully saturated rings. The van der Waals surface area contributed by atoms with Crippen LogP contribution in [0, 0.1) is 5.92 Å². The Bertz CT molecular complexity index is 1590. The SMILES string of the molecule is CCCC[C@@]12CCN(C)[C@@H](Cc3ccc(OC(=O)CCC(=O)O[C@H](COc4ccccc4CCc4cccc(OC)c4)CN(C)C)cc31)[C@H]2C. The van der Waals surface area contributed by atoms with E-state index in [2.05, 4.69) is 50.1 Å². The predicted octanol–water partition coefficient (Wildman–Crippen LogP) is 7.04. The van der Waals surface area contributed by atoms with Gasteiger partial charge in [0.15, 0.2) is 0 Å². The maximum Gasteiger partial charge on any atom is 0.311 e. The van der Waals surface area contributed by atoms with E-state index in [9.17, 15) is 9.59 Å². The van der Waals surface area contributed by atoms with Crippen LogP contribution in [0.1, 0.15) is 74.6 Å². The highest BCUT2D eigenvalue weighted by Gasteiger charge is 2.50. The number of likely N-dealkylation sites (tertiary alicyclic amines) is 1. The van der Waals surface area contributed by atoms with Gasteiger partial charge in [-0.2, -0.15) is 0 Å². The van der Waals surface area contributed by atoms with Crippen LogP contribution in [0.4, 0.5) is 0 Å². The summed E-state index contributed by atoms with van der Waals surface area (Å²) in [6, 6.07) is 22.7. The highest BCUT2D eigenvalue weighted by atomic mass is 16.6. The number of rotatable bonds is 17. The average Bonchev–Trinajstić information content (AvgIpc) is 3.10. The molecule has 1 aliphatic heterocycles. The number of likely N-dealkylation sites (N-methyl/N-ethyl adjacent to an activating group) is 2. The van der Waals surface area contributed by atoms with Crippen molar-refractivity contribution in [2.24, 2.45) is 5.92 Å². The van der Waals surface area contributed by atoms with Crippen molar-refractivity contribution in [2.75, 3.05) is 47.9 Å². The Hall–Kier alpha value is -3.88. The molecule has 0 spiro atoms. The van der Waals surface area contributed by atoms with Crippen LogP contribution < -0.4 is 14.2 Å². The fraction of sp³-hybridized carbons (Fsp3) is 0.524. The third-order valence-electron chi connectivity index (χ3n) is 10.8. The van der Waals surface area contributed by atoms with E-state index in [1.54, 1.807) is 7.11 Å². The lowest BCUT2D eigenvalue weighted by molar-refractivity contribution is -0.153. The van der Waals surface area contributed by atoms with Crippen LogP contribution in [-0.4, -0.2) is 81.8 Å². The maximum absolute atomic E-state index is 13.0. The van der Waals surface area contributed by atoms with Crippen molar-refractivity contribution in [1.82, 2.24) is 9.80 Å². The number of nitrogens with zero attached hydrogens (tertiary/aromatic N) is 2. The summed E-state index contributed by atoms with van der Waals surface area (Å²) in [6.07, 6.45) is 6.66. The summed E-state index contributed by atoms with van der Waals surface area (Å²) in [4.78, 5) is 30.5. The largest absolute Gasteiger partial charge is 0.497 e. The highest BCUT2D eigenvalue weighted by molar-refractivity contribution is 5.79. The van der Waals surface area contributed by atoms with Crippen LogP contribution in [0.2, 0.25) is 0 Å². The van der Waals surface area contributed by atoms with E-state index in [4.69, 9.17) is 18.9 Å². The predicted molar refractivity (Wildman–Crippen MR) is 197 cm³/mol. The maximum atomic E-state index is 13.0. The van der Waals surface area contributed by atoms with E-state index < -0.39 is 18.0 Å². The van der Waals surface area contributed by atoms with Gasteiger partial charge >= 0.3 is 11.9 Å². The van der Waals surface area contributed by atoms with Gasteiger partial charge in [-0.05, 0) is 118 Å². The normalized spacial score (nSPS) is 20.5. The number of carbonyl (C=O) groups is 2. The Morgan fingerprint density at radius 3 is 2.56 bits per heavy atom. The lowest BCUT2D eigenvalue weighted by Gasteiger charge is -2.55. The van der Waals surface area contributed by atoms with Crippen LogP contribution in [-0.2, 0) is 39.0 Å². The van der Waals surface area contributed by atoms with E-state index >= 15 is 0 Å². The number of esters is 2. The quantitative estimate of drug-likeness (QED) is 0.111. The van der Waals surface area contributed by atoms with Gasteiger partial charge in [0.2, 0.25) is 0 Å². The highest BCUT2D eigenvalue weighted by Crippen LogP contribution is 2.52. The number of hydrogen-bond acceptors (Lipinski definition) is 8. The molecule has 1 saturated heterocycles. The molecule has 2 bridgehead atoms. The smallest absolute Gasteiger partial charge is 0.311 e. The standard InChI is InChI=1S/C42H56N2O6/c1-7-8-22-42-23-24-44(5)38(30(42)2)26-33-18-19-35(27-37(33)42)49-40(45)20-21-41(46)50-36(28-43(3)4)29-48-39-15-10-9-13-32(39)17-16-31-12-11-14-34(25-31)47-6/h9-15,18-19,25,27,30,36,38H,7-8,16-17,20-24,26,28-29H2,1-6H3/t30-,36+,38+,42+/m1/s1. The summed E-state index contributed by atoms with van der Waals surface area (Å²) in [5.41, 5.74) is 5.09. The molecule has 8 nitrogen and oxygen atoms in total. The Balaban J connectivity index is 1.15. The zero-order valence-corrected chi connectivity index (χ0v) is 30.9. The van der Waals surface area contributed by atoms with Gasteiger partial charge in [0.1, 0.15) is 30.0 Å². The molecule has 8 heteroatoms. The van der Waals surface area contributed by atoms with E-state index in [1.165, 1.54) is 23.1 Å². The third kappa shape index (κ3) is 9.26. The number of benzene rings is 3. The minimum absolute atomic E-state index is 0.0528. The molecule has 0 N–H and O–H groups in total. The molecule has 50 heavy (non-hydrogen) atoms. The molecule has 0 unspecified atom stereocenters. The van der Waals surface area contributed by atoms with E-state index in [-0.39, 0.29) is 24.9 Å². The molecule has 3 aromatic rings. The van der Waals surface area contributed by atoms with Crippen LogP contribution in [0.15, 0.2) is 66.7 Å². The molecule has 0 aromatic heterocycles. The van der Waals surface area contributed by atoms with E-state index in [1.807, 2.05) is 61.5 Å². The van der Waals surface area contributed by atoms with Crippen molar-refractivity contribution < 1.29 is 28.5 Å². The van der Waals surface area contributed by atoms with E-state index in [0.29, 0.717) is 24.3 Å². The van der Waals surface area contributed by atoms with Gasteiger partial charge in [0, 0.05) is 18.0 Å². The number of para-hydroxylation sites is 1. The zero-order valence-electron chi connectivity index (χ0n) is 30.9. The number of piperidine rings is 1. The molecule has 5 rings (SSSR count). The molecule has 270 valence electrons. The molecule has 3 aromatic carbocycles. The number of ether oxygens (including phenoxy) is 4. The van der Waals surface area contributed by atoms with Crippen molar-refractivity contribution in [3.05, 3.63) is 89.0 Å². The summed E-state index contributed by atoms with van der Waals surface area (Å²) in [5, 5.41) is 0. The molecular formula is C42H56N2O6. The minimum atomic E-state index is -0.500. The topological polar surface area (TPSA) is 77.5 Å². The van der Waals surface area contributed by atoms with Gasteiger partial charge in [-0.25, -0.2) is 0 Å². The Morgan fingerprint density at radius 1 is 0.980 bits per heavy atom. The van der Waals surface area contributed by atoms with Gasteiger partial charge in [0.25, 0.3) is 0 Å². The zero-order chi connectivity index (χ0) is 35.7. The van der Waals surface area contributed by atoms with Crippen LogP contribution in [0.3, 0.4) is 0 Å². The monoisotopic (exact) mass is 684 g/mol. The fourth-order valence-electron chi connectivity index (χ4n) is 8.00. The molecule has 0 amide bonds. The summed E-state index contributed by atoms with van der Waals surface area (Å²) >= 11 is 0. The van der Waals surface area contributed by atoms with Gasteiger partial charge < -0.3 is 28.7 Å².